The molecule has 0 spiro atoms. The second kappa shape index (κ2) is 12.0. The van der Waals surface area contributed by atoms with E-state index in [2.05, 4.69) is 68.3 Å². The molecule has 0 bridgehead atoms. The summed E-state index contributed by atoms with van der Waals surface area (Å²) in [5, 5.41) is 6.81. The first-order valence-corrected chi connectivity index (χ1v) is 15.5. The fraction of sp³-hybridized carbons (Fsp3) is 0.652. The molecule has 3 atom stereocenters. The summed E-state index contributed by atoms with van der Waals surface area (Å²) in [6, 6.07) is -0.322. The number of carbonyl (C=O) groups excluding carboxylic acids is 1. The molecule has 0 saturated carbocycles. The maximum atomic E-state index is 12.4. The molecule has 10 nitrogen and oxygen atoms in total. The van der Waals surface area contributed by atoms with Crippen molar-refractivity contribution in [3.05, 3.63) is 23.1 Å². The Balaban J connectivity index is 1.71. The van der Waals surface area contributed by atoms with Gasteiger partial charge >= 0.3 is 0 Å². The van der Waals surface area contributed by atoms with Gasteiger partial charge in [0.25, 0.3) is 0 Å². The van der Waals surface area contributed by atoms with Gasteiger partial charge in [-0.25, -0.2) is 15.0 Å². The van der Waals surface area contributed by atoms with Crippen molar-refractivity contribution in [3.63, 3.8) is 0 Å². The van der Waals surface area contributed by atoms with Gasteiger partial charge in [-0.15, -0.1) is 11.5 Å². The van der Waals surface area contributed by atoms with E-state index in [1.165, 1.54) is 19.2 Å². The summed E-state index contributed by atoms with van der Waals surface area (Å²) in [5.74, 6) is 3.54. The van der Waals surface area contributed by atoms with Crippen LogP contribution in [0.25, 0.3) is 21.6 Å². The van der Waals surface area contributed by atoms with Crippen LogP contribution in [0.2, 0.25) is 19.6 Å². The molecule has 0 aromatic carbocycles. The zero-order valence-corrected chi connectivity index (χ0v) is 21.5. The lowest BCUT2D eigenvalue weighted by molar-refractivity contribution is -0.116. The van der Waals surface area contributed by atoms with Crippen LogP contribution < -0.4 is 5.32 Å². The van der Waals surface area contributed by atoms with Crippen LogP contribution in [0.15, 0.2) is 17.8 Å². The van der Waals surface area contributed by atoms with Crippen molar-refractivity contribution in [3.8, 4) is 11.5 Å². The molecular weight excluding hydrogens is 448 g/mol. The van der Waals surface area contributed by atoms with Crippen LogP contribution >= 0.6 is 0 Å². The Bertz CT molecular complexity index is 1090. The molecule has 0 aliphatic carbocycles. The number of amides is 1. The largest absolute Gasteiger partial charge is 0.353 e. The van der Waals surface area contributed by atoms with Gasteiger partial charge in [0, 0.05) is 24.2 Å². The van der Waals surface area contributed by atoms with E-state index < -0.39 is 14.3 Å². The molecule has 11 heteroatoms. The van der Waals surface area contributed by atoms with E-state index in [-0.39, 0.29) is 18.1 Å². The summed E-state index contributed by atoms with van der Waals surface area (Å²) in [6.07, 6.45) is 9.23. The molecule has 3 heterocycles. The van der Waals surface area contributed by atoms with Crippen LogP contribution in [-0.2, 0) is 9.53 Å². The van der Waals surface area contributed by atoms with Gasteiger partial charge in [0.2, 0.25) is 5.91 Å². The van der Waals surface area contributed by atoms with Crippen LogP contribution in [0, 0.1) is 11.5 Å². The average Bonchev–Trinajstić information content (AvgIpc) is 3.38. The van der Waals surface area contributed by atoms with E-state index in [9.17, 15) is 4.79 Å². The van der Waals surface area contributed by atoms with Crippen molar-refractivity contribution in [1.82, 2.24) is 19.5 Å². The van der Waals surface area contributed by atoms with E-state index in [1.54, 1.807) is 6.33 Å². The van der Waals surface area contributed by atoms with Gasteiger partial charge in [-0.2, -0.15) is 0 Å². The van der Waals surface area contributed by atoms with E-state index in [0.717, 1.165) is 19.3 Å². The molecule has 1 N–H and O–H groups in total. The number of nitrogens with zero attached hydrogens (tertiary/aromatic N) is 7. The Morgan fingerprint density at radius 3 is 2.82 bits per heavy atom. The second-order valence-electron chi connectivity index (χ2n) is 9.65. The molecule has 34 heavy (non-hydrogen) atoms. The average molecular weight is 483 g/mol. The number of azide groups is 1. The number of carbonyl (C=O) groups is 1. The minimum absolute atomic E-state index is 0.0763. The Hall–Kier alpha value is -2.93. The summed E-state index contributed by atoms with van der Waals surface area (Å²) in [7, 11) is -1.50. The monoisotopic (exact) mass is 482 g/mol. The molecule has 1 amide bonds. The molecule has 1 aliphatic heterocycles. The highest BCUT2D eigenvalue weighted by molar-refractivity contribution is 6.83. The summed E-state index contributed by atoms with van der Waals surface area (Å²) >= 11 is 0. The molecule has 1 aliphatic rings. The minimum atomic E-state index is -1.50. The third kappa shape index (κ3) is 7.03. The molecule has 3 rings (SSSR count). The second-order valence-corrected chi connectivity index (χ2v) is 14.4. The third-order valence-electron chi connectivity index (χ3n) is 5.60. The van der Waals surface area contributed by atoms with Gasteiger partial charge in [-0.05, 0) is 12.0 Å². The lowest BCUT2D eigenvalue weighted by Gasteiger charge is -2.14. The molecule has 0 radical (unpaired) electrons. The fourth-order valence-electron chi connectivity index (χ4n) is 3.91. The Morgan fingerprint density at radius 1 is 1.29 bits per heavy atom. The normalized spacial score (nSPS) is 19.9. The van der Waals surface area contributed by atoms with Crippen LogP contribution in [0.1, 0.15) is 64.5 Å². The maximum absolute atomic E-state index is 12.4. The summed E-state index contributed by atoms with van der Waals surface area (Å²) in [5.41, 5.74) is 13.4. The number of nitrogens with one attached hydrogen (secondary N) is 1. The highest BCUT2D eigenvalue weighted by Gasteiger charge is 2.36. The van der Waals surface area contributed by atoms with Crippen molar-refractivity contribution in [2.45, 2.75) is 96.3 Å². The Morgan fingerprint density at radius 2 is 2.09 bits per heavy atom. The van der Waals surface area contributed by atoms with Crippen molar-refractivity contribution >= 4 is 31.0 Å². The van der Waals surface area contributed by atoms with Gasteiger partial charge in [0.1, 0.15) is 20.6 Å². The number of fused-ring (bicyclic) bond motifs is 1. The van der Waals surface area contributed by atoms with Crippen molar-refractivity contribution in [2.24, 2.45) is 5.11 Å². The standard InChI is InChI=1S/C23H34N8O2Si/c1-5-6-7-8-9-12-19(32)28-22-21-23(26-15-25-22)31(16-27-21)20-14-17(29-30-24)18(33-20)11-10-13-34(2,3)4/h15-18,20H,5-9,11-12,14H2,1-4H3,(H,25,26,28,32)/t17-,18+,20+/m0/s1. The third-order valence-corrected chi connectivity index (χ3v) is 6.53. The first kappa shape index (κ1) is 25.7. The van der Waals surface area contributed by atoms with Gasteiger partial charge < -0.3 is 10.1 Å². The molecule has 1 saturated heterocycles. The number of anilines is 1. The van der Waals surface area contributed by atoms with Gasteiger partial charge in [0.05, 0.1) is 18.5 Å². The van der Waals surface area contributed by atoms with Crippen molar-refractivity contribution in [2.75, 3.05) is 5.32 Å². The molecular formula is C23H34N8O2Si. The number of hydrogen-bond acceptors (Lipinski definition) is 6. The topological polar surface area (TPSA) is 131 Å². The van der Waals surface area contributed by atoms with Crippen LogP contribution in [0.5, 0.6) is 0 Å². The predicted molar refractivity (Wildman–Crippen MR) is 135 cm³/mol. The first-order chi connectivity index (χ1) is 16.3. The van der Waals surface area contributed by atoms with Crippen molar-refractivity contribution in [1.29, 1.82) is 0 Å². The molecule has 182 valence electrons. The predicted octanol–water partition coefficient (Wildman–Crippen LogP) is 5.36. The lowest BCUT2D eigenvalue weighted by Crippen LogP contribution is -2.20. The van der Waals surface area contributed by atoms with E-state index in [1.807, 2.05) is 4.57 Å². The summed E-state index contributed by atoms with van der Waals surface area (Å²) < 4.78 is 8.03. The zero-order chi connectivity index (χ0) is 24.6. The van der Waals surface area contributed by atoms with Crippen LogP contribution in [0.3, 0.4) is 0 Å². The number of rotatable bonds is 10. The van der Waals surface area contributed by atoms with Gasteiger partial charge in [0.15, 0.2) is 17.0 Å². The maximum Gasteiger partial charge on any atom is 0.225 e. The zero-order valence-electron chi connectivity index (χ0n) is 20.5. The first-order valence-electron chi connectivity index (χ1n) is 12.0. The van der Waals surface area contributed by atoms with Crippen molar-refractivity contribution < 1.29 is 9.53 Å². The number of aromatic nitrogens is 4. The number of imidazole rings is 1. The number of ether oxygens (including phenoxy) is 1. The quantitative estimate of drug-likeness (QED) is 0.122. The molecule has 0 unspecified atom stereocenters. The smallest absolute Gasteiger partial charge is 0.225 e. The Labute approximate surface area is 201 Å². The SMILES string of the molecule is CCCCCCCC(=O)Nc1ncnc2c1ncn2[C@H]1C[C@H](N=[N+]=[N-])[C@@H](CC#C[Si](C)(C)C)O1. The Kier molecular flexibility index (Phi) is 9.04. The van der Waals surface area contributed by atoms with E-state index >= 15 is 0 Å². The van der Waals surface area contributed by atoms with Crippen LogP contribution in [-0.4, -0.2) is 45.6 Å². The summed E-state index contributed by atoms with van der Waals surface area (Å²) in [6.45, 7) is 8.72. The number of unbranched alkanes of at least 4 members (excludes halogenated alkanes) is 4. The number of hydrogen-bond donors (Lipinski definition) is 1. The molecule has 2 aromatic rings. The van der Waals surface area contributed by atoms with Crippen LogP contribution in [0.4, 0.5) is 5.82 Å². The highest BCUT2D eigenvalue weighted by Crippen LogP contribution is 2.34. The minimum Gasteiger partial charge on any atom is -0.353 e. The van der Waals surface area contributed by atoms with E-state index in [0.29, 0.717) is 36.2 Å². The van der Waals surface area contributed by atoms with Gasteiger partial charge in [-0.1, -0.05) is 57.4 Å². The van der Waals surface area contributed by atoms with Gasteiger partial charge in [-0.3, -0.25) is 9.36 Å². The lowest BCUT2D eigenvalue weighted by atomic mass is 10.1. The summed E-state index contributed by atoms with van der Waals surface area (Å²) in [4.78, 5) is 28.4. The molecule has 2 aromatic heterocycles. The highest BCUT2D eigenvalue weighted by atomic mass is 28.3. The van der Waals surface area contributed by atoms with E-state index in [4.69, 9.17) is 10.3 Å². The fourth-order valence-corrected chi connectivity index (χ4v) is 4.54. The molecule has 1 fully saturated rings.